The number of hydrogen-bond acceptors (Lipinski definition) is 3. The van der Waals surface area contributed by atoms with Gasteiger partial charge in [-0.1, -0.05) is 0 Å². The van der Waals surface area contributed by atoms with E-state index in [1.54, 1.807) is 13.8 Å². The molecule has 16 heavy (non-hydrogen) atoms. The predicted octanol–water partition coefficient (Wildman–Crippen LogP) is 2.80. The molecule has 0 heterocycles. The van der Waals surface area contributed by atoms with Crippen molar-refractivity contribution in [2.45, 2.75) is 19.4 Å². The molecule has 0 bridgehead atoms. The Morgan fingerprint density at radius 2 is 1.88 bits per heavy atom. The summed E-state index contributed by atoms with van der Waals surface area (Å²) < 4.78 is 24.6. The largest absolute Gasteiger partial charge is 0.493 e. The molecule has 0 saturated heterocycles. The number of nitrogens with two attached hydrogens (primary N) is 1. The zero-order valence-corrected chi connectivity index (χ0v) is 11.3. The molecule has 0 radical (unpaired) electrons. The van der Waals surface area contributed by atoms with Crippen LogP contribution in [0.3, 0.4) is 0 Å². The van der Waals surface area contributed by atoms with Gasteiger partial charge < -0.3 is 15.2 Å². The summed E-state index contributed by atoms with van der Waals surface area (Å²) in [4.78, 5) is 0. The van der Waals surface area contributed by atoms with Gasteiger partial charge in [-0.3, -0.25) is 0 Å². The van der Waals surface area contributed by atoms with Crippen molar-refractivity contribution >= 4 is 15.9 Å². The van der Waals surface area contributed by atoms with Crippen LogP contribution < -0.4 is 15.2 Å². The van der Waals surface area contributed by atoms with Gasteiger partial charge in [-0.05, 0) is 29.8 Å². The van der Waals surface area contributed by atoms with Gasteiger partial charge in [0.1, 0.15) is 5.82 Å². The average Bonchev–Trinajstić information content (AvgIpc) is 2.19. The fourth-order valence-electron chi connectivity index (χ4n) is 1.52. The molecule has 3 nitrogen and oxygen atoms in total. The van der Waals surface area contributed by atoms with Gasteiger partial charge >= 0.3 is 0 Å². The van der Waals surface area contributed by atoms with Crippen molar-refractivity contribution in [1.82, 2.24) is 0 Å². The molecular weight excluding hydrogens is 277 g/mol. The molecule has 0 atom stereocenters. The van der Waals surface area contributed by atoms with E-state index in [0.29, 0.717) is 21.5 Å². The first-order chi connectivity index (χ1) is 7.32. The van der Waals surface area contributed by atoms with Crippen molar-refractivity contribution in [2.24, 2.45) is 5.73 Å². The van der Waals surface area contributed by atoms with E-state index >= 15 is 0 Å². The summed E-state index contributed by atoms with van der Waals surface area (Å²) in [5, 5.41) is 0. The predicted molar refractivity (Wildman–Crippen MR) is 64.4 cm³/mol. The lowest BCUT2D eigenvalue weighted by molar-refractivity contribution is 0.337. The standard InChI is InChI=1S/C11H15BrFNO2/c1-11(2,14)8-9(13)6(12)5-7(15-3)10(8)16-4/h5H,14H2,1-4H3. The average molecular weight is 292 g/mol. The highest BCUT2D eigenvalue weighted by Crippen LogP contribution is 2.41. The summed E-state index contributed by atoms with van der Waals surface area (Å²) in [7, 11) is 2.95. The Hall–Kier alpha value is -0.810. The third-order valence-electron chi connectivity index (χ3n) is 2.21. The lowest BCUT2D eigenvalue weighted by atomic mass is 9.93. The number of hydrogen-bond donors (Lipinski definition) is 1. The summed E-state index contributed by atoms with van der Waals surface area (Å²) in [6.45, 7) is 3.42. The second-order valence-corrected chi connectivity index (χ2v) is 4.86. The maximum atomic E-state index is 14.0. The van der Waals surface area contributed by atoms with E-state index in [-0.39, 0.29) is 0 Å². The lowest BCUT2D eigenvalue weighted by Gasteiger charge is -2.24. The van der Waals surface area contributed by atoms with Crippen molar-refractivity contribution in [2.75, 3.05) is 14.2 Å². The molecule has 2 N–H and O–H groups in total. The zero-order valence-electron chi connectivity index (χ0n) is 9.73. The van der Waals surface area contributed by atoms with Crippen LogP contribution in [0.15, 0.2) is 10.5 Å². The highest BCUT2D eigenvalue weighted by molar-refractivity contribution is 9.10. The van der Waals surface area contributed by atoms with Gasteiger partial charge in [0, 0.05) is 11.6 Å². The van der Waals surface area contributed by atoms with E-state index in [1.165, 1.54) is 20.3 Å². The fraction of sp³-hybridized carbons (Fsp3) is 0.455. The normalized spacial score (nSPS) is 11.4. The second-order valence-electron chi connectivity index (χ2n) is 4.00. The van der Waals surface area contributed by atoms with Crippen LogP contribution in [0, 0.1) is 5.82 Å². The molecule has 5 heteroatoms. The molecule has 0 aliphatic heterocycles. The van der Waals surface area contributed by atoms with Crippen LogP contribution >= 0.6 is 15.9 Å². The summed E-state index contributed by atoms with van der Waals surface area (Å²) in [6, 6.07) is 1.52. The van der Waals surface area contributed by atoms with Crippen LogP contribution in [0.5, 0.6) is 11.5 Å². The van der Waals surface area contributed by atoms with Gasteiger partial charge in [0.2, 0.25) is 0 Å². The Kier molecular flexibility index (Phi) is 3.80. The summed E-state index contributed by atoms with van der Waals surface area (Å²) >= 11 is 3.13. The van der Waals surface area contributed by atoms with E-state index < -0.39 is 11.4 Å². The van der Waals surface area contributed by atoms with Crippen LogP contribution in [0.1, 0.15) is 19.4 Å². The first kappa shape index (κ1) is 13.3. The molecule has 0 saturated carbocycles. The molecule has 0 unspecified atom stereocenters. The maximum absolute atomic E-state index is 14.0. The van der Waals surface area contributed by atoms with E-state index in [4.69, 9.17) is 15.2 Å². The van der Waals surface area contributed by atoms with Crippen molar-refractivity contribution < 1.29 is 13.9 Å². The molecule has 1 aromatic carbocycles. The van der Waals surface area contributed by atoms with E-state index in [1.807, 2.05) is 0 Å². The molecule has 0 fully saturated rings. The van der Waals surface area contributed by atoms with Crippen LogP contribution in [-0.4, -0.2) is 14.2 Å². The van der Waals surface area contributed by atoms with Gasteiger partial charge in [-0.2, -0.15) is 0 Å². The number of methoxy groups -OCH3 is 2. The van der Waals surface area contributed by atoms with Gasteiger partial charge in [0.05, 0.1) is 24.3 Å². The Bertz CT molecular complexity index is 402. The SMILES string of the molecule is COc1cc(Br)c(F)c(C(C)(C)N)c1OC. The highest BCUT2D eigenvalue weighted by Gasteiger charge is 2.28. The van der Waals surface area contributed by atoms with Crippen molar-refractivity contribution in [3.63, 3.8) is 0 Å². The third kappa shape index (κ3) is 2.30. The minimum Gasteiger partial charge on any atom is -0.493 e. The first-order valence-corrected chi connectivity index (χ1v) is 5.51. The topological polar surface area (TPSA) is 44.5 Å². The molecular formula is C11H15BrFNO2. The van der Waals surface area contributed by atoms with Crippen molar-refractivity contribution in [3.8, 4) is 11.5 Å². The Morgan fingerprint density at radius 1 is 1.31 bits per heavy atom. The van der Waals surface area contributed by atoms with Crippen LogP contribution in [0.2, 0.25) is 0 Å². The maximum Gasteiger partial charge on any atom is 0.168 e. The Morgan fingerprint density at radius 3 is 2.25 bits per heavy atom. The molecule has 0 spiro atoms. The molecule has 1 aromatic rings. The minimum absolute atomic E-state index is 0.293. The van der Waals surface area contributed by atoms with Gasteiger partial charge in [0.25, 0.3) is 0 Å². The van der Waals surface area contributed by atoms with E-state index in [2.05, 4.69) is 15.9 Å². The van der Waals surface area contributed by atoms with Crippen LogP contribution in [-0.2, 0) is 5.54 Å². The molecule has 90 valence electrons. The van der Waals surface area contributed by atoms with Crippen molar-refractivity contribution in [3.05, 3.63) is 21.9 Å². The summed E-state index contributed by atoms with van der Waals surface area (Å²) in [5.41, 5.74) is 5.37. The van der Waals surface area contributed by atoms with E-state index in [9.17, 15) is 4.39 Å². The number of ether oxygens (including phenoxy) is 2. The monoisotopic (exact) mass is 291 g/mol. The van der Waals surface area contributed by atoms with Crippen molar-refractivity contribution in [1.29, 1.82) is 0 Å². The molecule has 0 aliphatic rings. The Labute approximate surface area is 103 Å². The Balaban J connectivity index is 3.60. The second kappa shape index (κ2) is 4.59. The molecule has 0 aliphatic carbocycles. The van der Waals surface area contributed by atoms with Crippen LogP contribution in [0.25, 0.3) is 0 Å². The third-order valence-corrected chi connectivity index (χ3v) is 2.78. The number of benzene rings is 1. The molecule has 0 amide bonds. The number of rotatable bonds is 3. The van der Waals surface area contributed by atoms with E-state index in [0.717, 1.165) is 0 Å². The summed E-state index contributed by atoms with van der Waals surface area (Å²) in [5.74, 6) is 0.352. The van der Waals surface area contributed by atoms with Crippen LogP contribution in [0.4, 0.5) is 4.39 Å². The molecule has 1 rings (SSSR count). The minimum atomic E-state index is -0.855. The fourth-order valence-corrected chi connectivity index (χ4v) is 1.92. The number of halogens is 2. The smallest absolute Gasteiger partial charge is 0.168 e. The zero-order chi connectivity index (χ0) is 12.5. The lowest BCUT2D eigenvalue weighted by Crippen LogP contribution is -2.30. The quantitative estimate of drug-likeness (QED) is 0.931. The van der Waals surface area contributed by atoms with Gasteiger partial charge in [-0.15, -0.1) is 0 Å². The highest BCUT2D eigenvalue weighted by atomic mass is 79.9. The van der Waals surface area contributed by atoms with Gasteiger partial charge in [-0.25, -0.2) is 4.39 Å². The first-order valence-electron chi connectivity index (χ1n) is 4.72. The molecule has 0 aromatic heterocycles. The summed E-state index contributed by atoms with van der Waals surface area (Å²) in [6.07, 6.45) is 0. The van der Waals surface area contributed by atoms with Gasteiger partial charge in [0.15, 0.2) is 11.5 Å².